The van der Waals surface area contributed by atoms with E-state index in [0.29, 0.717) is 0 Å². The molecule has 1 fully saturated rings. The smallest absolute Gasteiger partial charge is 0.0473 e. The third-order valence-corrected chi connectivity index (χ3v) is 6.12. The maximum absolute atomic E-state index is 2.55. The van der Waals surface area contributed by atoms with Crippen LogP contribution in [-0.2, 0) is 0 Å². The molecule has 0 aliphatic carbocycles. The van der Waals surface area contributed by atoms with Gasteiger partial charge in [0.05, 0.1) is 0 Å². The Labute approximate surface area is 66.0 Å². The van der Waals surface area contributed by atoms with E-state index in [0.717, 1.165) is 0 Å². The van der Waals surface area contributed by atoms with Crippen LogP contribution in [-0.4, -0.2) is 8.07 Å². The number of rotatable bonds is 0. The number of hydrogen-bond donors (Lipinski definition) is 0. The maximum atomic E-state index is 2.55. The quantitative estimate of drug-likeness (QED) is 0.470. The Bertz CT molecular complexity index is 86.9. The number of hydrogen-bond acceptors (Lipinski definition) is 0. The third kappa shape index (κ3) is 2.87. The highest BCUT2D eigenvalue weighted by Gasteiger charge is 2.20. The van der Waals surface area contributed by atoms with Gasteiger partial charge in [-0.25, -0.2) is 0 Å². The molecule has 0 nitrogen and oxygen atoms in total. The molecule has 1 heterocycles. The molecule has 1 aliphatic heterocycles. The maximum Gasteiger partial charge on any atom is 0.0473 e. The molecule has 0 bridgehead atoms. The second kappa shape index (κ2) is 3.56. The Balaban J connectivity index is 2.30. The highest BCUT2D eigenvalue weighted by atomic mass is 28.3. The molecule has 0 aromatic rings. The fraction of sp³-hybridized carbons (Fsp3) is 1.00. The largest absolute Gasteiger partial charge is 0.0693 e. The van der Waals surface area contributed by atoms with E-state index in [2.05, 4.69) is 13.1 Å². The van der Waals surface area contributed by atoms with Crippen LogP contribution in [0.1, 0.15) is 32.1 Å². The Kier molecular flexibility index (Phi) is 2.96. The Morgan fingerprint density at radius 1 is 0.700 bits per heavy atom. The lowest BCUT2D eigenvalue weighted by molar-refractivity contribution is 0.631. The van der Waals surface area contributed by atoms with Gasteiger partial charge >= 0.3 is 0 Å². The molecule has 0 aromatic carbocycles. The van der Waals surface area contributed by atoms with Crippen molar-refractivity contribution < 1.29 is 0 Å². The van der Waals surface area contributed by atoms with E-state index in [1.54, 1.807) is 12.1 Å². The van der Waals surface area contributed by atoms with E-state index < -0.39 is 8.07 Å². The van der Waals surface area contributed by atoms with Gasteiger partial charge in [0.2, 0.25) is 0 Å². The van der Waals surface area contributed by atoms with E-state index >= 15 is 0 Å². The molecular formula is C9H20Si. The van der Waals surface area contributed by atoms with Gasteiger partial charge in [0.1, 0.15) is 0 Å². The molecule has 1 heteroatoms. The molecule has 0 amide bonds. The van der Waals surface area contributed by atoms with Gasteiger partial charge in [-0.3, -0.25) is 0 Å². The molecule has 0 unspecified atom stereocenters. The zero-order valence-electron chi connectivity index (χ0n) is 7.45. The van der Waals surface area contributed by atoms with Gasteiger partial charge in [-0.1, -0.05) is 57.3 Å². The van der Waals surface area contributed by atoms with Gasteiger partial charge in [-0.15, -0.1) is 0 Å². The molecule has 0 spiro atoms. The van der Waals surface area contributed by atoms with Crippen LogP contribution >= 0.6 is 0 Å². The third-order valence-electron chi connectivity index (χ3n) is 2.71. The first-order valence-corrected chi connectivity index (χ1v) is 8.12. The average Bonchev–Trinajstić information content (AvgIpc) is 1.81. The minimum Gasteiger partial charge on any atom is -0.0693 e. The summed E-state index contributed by atoms with van der Waals surface area (Å²) in [5.41, 5.74) is 0. The van der Waals surface area contributed by atoms with Crippen LogP contribution in [0.15, 0.2) is 0 Å². The second-order valence-corrected chi connectivity index (χ2v) is 9.76. The molecule has 60 valence electrons. The van der Waals surface area contributed by atoms with Crippen molar-refractivity contribution in [1.29, 1.82) is 0 Å². The summed E-state index contributed by atoms with van der Waals surface area (Å²) in [4.78, 5) is 0. The molecule has 0 atom stereocenters. The monoisotopic (exact) mass is 156 g/mol. The minimum atomic E-state index is -0.673. The average molecular weight is 156 g/mol. The summed E-state index contributed by atoms with van der Waals surface area (Å²) >= 11 is 0. The van der Waals surface area contributed by atoms with Crippen LogP contribution in [0.2, 0.25) is 25.2 Å². The Morgan fingerprint density at radius 3 is 1.60 bits per heavy atom. The first-order chi connectivity index (χ1) is 4.71. The fourth-order valence-electron chi connectivity index (χ4n) is 1.86. The summed E-state index contributed by atoms with van der Waals surface area (Å²) in [7, 11) is -0.673. The lowest BCUT2D eigenvalue weighted by Crippen LogP contribution is -2.25. The molecule has 0 N–H and O–H groups in total. The van der Waals surface area contributed by atoms with Crippen LogP contribution in [0.4, 0.5) is 0 Å². The zero-order valence-corrected chi connectivity index (χ0v) is 8.45. The standard InChI is InChI=1S/C9H20Si/c1-10(2)8-6-4-3-5-7-9-10/h3-9H2,1-2H3. The Hall–Kier alpha value is 0.217. The molecular weight excluding hydrogens is 136 g/mol. The predicted octanol–water partition coefficient (Wildman–Crippen LogP) is 3.66. The summed E-state index contributed by atoms with van der Waals surface area (Å²) < 4.78 is 0. The molecule has 0 saturated carbocycles. The highest BCUT2D eigenvalue weighted by molar-refractivity contribution is 6.77. The predicted molar refractivity (Wildman–Crippen MR) is 50.2 cm³/mol. The van der Waals surface area contributed by atoms with E-state index in [1.807, 2.05) is 0 Å². The first-order valence-electron chi connectivity index (χ1n) is 4.71. The van der Waals surface area contributed by atoms with Crippen molar-refractivity contribution in [2.24, 2.45) is 0 Å². The summed E-state index contributed by atoms with van der Waals surface area (Å²) in [5, 5.41) is 0. The van der Waals surface area contributed by atoms with Crippen molar-refractivity contribution in [2.45, 2.75) is 57.3 Å². The first kappa shape index (κ1) is 8.31. The topological polar surface area (TPSA) is 0 Å². The van der Waals surface area contributed by atoms with Crippen LogP contribution in [0.5, 0.6) is 0 Å². The molecule has 1 aliphatic rings. The van der Waals surface area contributed by atoms with Crippen molar-refractivity contribution in [3.63, 3.8) is 0 Å². The van der Waals surface area contributed by atoms with E-state index in [1.165, 1.54) is 32.1 Å². The molecule has 0 aromatic heterocycles. The normalized spacial score (nSPS) is 27.0. The van der Waals surface area contributed by atoms with E-state index in [4.69, 9.17) is 0 Å². The SMILES string of the molecule is C[Si]1(C)CCCCCCC1. The van der Waals surface area contributed by atoms with Gasteiger partial charge in [0.25, 0.3) is 0 Å². The summed E-state index contributed by atoms with van der Waals surface area (Å²) in [5.74, 6) is 0. The lowest BCUT2D eigenvalue weighted by atomic mass is 10.2. The van der Waals surface area contributed by atoms with Crippen molar-refractivity contribution in [3.05, 3.63) is 0 Å². The second-order valence-electron chi connectivity index (χ2n) is 4.43. The van der Waals surface area contributed by atoms with Crippen LogP contribution in [0.3, 0.4) is 0 Å². The molecule has 0 radical (unpaired) electrons. The van der Waals surface area contributed by atoms with Crippen LogP contribution in [0.25, 0.3) is 0 Å². The lowest BCUT2D eigenvalue weighted by Gasteiger charge is -2.24. The van der Waals surface area contributed by atoms with Crippen LogP contribution < -0.4 is 0 Å². The summed E-state index contributed by atoms with van der Waals surface area (Å²) in [6, 6.07) is 3.18. The van der Waals surface area contributed by atoms with Gasteiger partial charge in [-0.2, -0.15) is 0 Å². The molecule has 1 rings (SSSR count). The minimum absolute atomic E-state index is 0.673. The van der Waals surface area contributed by atoms with Crippen molar-refractivity contribution in [2.75, 3.05) is 0 Å². The highest BCUT2D eigenvalue weighted by Crippen LogP contribution is 2.25. The van der Waals surface area contributed by atoms with E-state index in [-0.39, 0.29) is 0 Å². The van der Waals surface area contributed by atoms with Crippen molar-refractivity contribution >= 4 is 8.07 Å². The van der Waals surface area contributed by atoms with Crippen molar-refractivity contribution in [1.82, 2.24) is 0 Å². The van der Waals surface area contributed by atoms with Gasteiger partial charge in [0, 0.05) is 8.07 Å². The fourth-order valence-corrected chi connectivity index (χ4v) is 4.53. The van der Waals surface area contributed by atoms with Gasteiger partial charge in [0.15, 0.2) is 0 Å². The molecule has 10 heavy (non-hydrogen) atoms. The van der Waals surface area contributed by atoms with E-state index in [9.17, 15) is 0 Å². The van der Waals surface area contributed by atoms with Gasteiger partial charge < -0.3 is 0 Å². The summed E-state index contributed by atoms with van der Waals surface area (Å²) in [6.07, 6.45) is 7.58. The van der Waals surface area contributed by atoms with Crippen molar-refractivity contribution in [3.8, 4) is 0 Å². The zero-order chi connectivity index (χ0) is 7.45. The Morgan fingerprint density at radius 2 is 1.10 bits per heavy atom. The van der Waals surface area contributed by atoms with Crippen LogP contribution in [0, 0.1) is 0 Å². The van der Waals surface area contributed by atoms with Gasteiger partial charge in [-0.05, 0) is 0 Å². The summed E-state index contributed by atoms with van der Waals surface area (Å²) in [6.45, 7) is 5.11. The molecule has 1 saturated heterocycles.